The molecule has 0 spiro atoms. The highest BCUT2D eigenvalue weighted by Gasteiger charge is 1.92. The third kappa shape index (κ3) is 1.95. The van der Waals surface area contributed by atoms with E-state index in [9.17, 15) is 0 Å². The largest absolute Gasteiger partial charge is 0.246 e. The molecule has 0 aliphatic heterocycles. The highest BCUT2D eigenvalue weighted by Crippen LogP contribution is 2.14. The molecule has 1 rings (SSSR count). The Labute approximate surface area is 74.2 Å². The average Bonchev–Trinajstić information content (AvgIpc) is 2.06. The van der Waals surface area contributed by atoms with Crippen molar-refractivity contribution in [2.24, 2.45) is 0 Å². The molecule has 0 unspecified atom stereocenters. The van der Waals surface area contributed by atoms with Gasteiger partial charge in [-0.3, -0.25) is 0 Å². The molecule has 0 saturated carbocycles. The van der Waals surface area contributed by atoms with Crippen molar-refractivity contribution in [3.05, 3.63) is 27.4 Å². The van der Waals surface area contributed by atoms with E-state index in [4.69, 9.17) is 18.5 Å². The van der Waals surface area contributed by atoms with Gasteiger partial charge in [-0.05, 0) is 34.9 Å². The highest BCUT2D eigenvalue weighted by molar-refractivity contribution is 9.10. The molecule has 0 radical (unpaired) electrons. The zero-order valence-electron chi connectivity index (χ0n) is 9.20. The Hall–Kier alpha value is -0.0800. The maximum absolute atomic E-state index is 7.39. The summed E-state index contributed by atoms with van der Waals surface area (Å²) < 4.78 is 36.0. The lowest BCUT2D eigenvalue weighted by atomic mass is 10.4. The maximum Gasteiger partial charge on any atom is 0.107 e. The van der Waals surface area contributed by atoms with E-state index in [1.54, 1.807) is 0 Å². The van der Waals surface area contributed by atoms with Crippen LogP contribution >= 0.6 is 27.5 Å². The van der Waals surface area contributed by atoms with Gasteiger partial charge in [-0.1, -0.05) is 11.6 Å². The van der Waals surface area contributed by atoms with E-state index in [2.05, 4.69) is 20.9 Å². The van der Waals surface area contributed by atoms with Gasteiger partial charge in [-0.25, -0.2) is 4.98 Å². The fourth-order valence-corrected chi connectivity index (χ4v) is 1.05. The number of nitrogens with zero attached hydrogens (tertiary/aromatic N) is 1. The summed E-state index contributed by atoms with van der Waals surface area (Å²) in [5, 5.41) is -0.210. The van der Waals surface area contributed by atoms with E-state index in [1.165, 1.54) is 0 Å². The normalized spacial score (nSPS) is 19.1. The predicted molar refractivity (Wildman–Crippen MR) is 41.7 cm³/mol. The zero-order chi connectivity index (χ0) is 11.1. The lowest BCUT2D eigenvalue weighted by molar-refractivity contribution is 1.17. The molecule has 0 N–H and O–H groups in total. The molecule has 0 saturated heterocycles. The van der Waals surface area contributed by atoms with Crippen LogP contribution in [0.4, 0.5) is 0 Å². The molecule has 0 aliphatic rings. The third-order valence-corrected chi connectivity index (χ3v) is 1.22. The highest BCUT2D eigenvalue weighted by atomic mass is 79.9. The van der Waals surface area contributed by atoms with Crippen LogP contribution in [0.3, 0.4) is 0 Å². The van der Waals surface area contributed by atoms with Crippen LogP contribution in [0.15, 0.2) is 16.7 Å². The molecule has 0 aromatic carbocycles. The lowest BCUT2D eigenvalue weighted by Gasteiger charge is -1.93. The molecule has 0 amide bonds. The topological polar surface area (TPSA) is 12.9 Å². The third-order valence-electron chi connectivity index (χ3n) is 0.651. The van der Waals surface area contributed by atoms with Crippen LogP contribution in [0.25, 0.3) is 0 Å². The summed E-state index contributed by atoms with van der Waals surface area (Å²) >= 11 is 8.51. The van der Waals surface area contributed by atoms with Gasteiger partial charge in [0.2, 0.25) is 0 Å². The van der Waals surface area contributed by atoms with Crippen molar-refractivity contribution in [3.8, 4) is 0 Å². The van der Waals surface area contributed by atoms with Crippen LogP contribution in [0.1, 0.15) is 12.5 Å². The standard InChI is InChI=1S/C6H5BrClN/c1-4-2-5(8)3-6(7)9-4/h2-3H,1H3/i1D3,2D,3D. The summed E-state index contributed by atoms with van der Waals surface area (Å²) in [7, 11) is 0. The summed E-state index contributed by atoms with van der Waals surface area (Å²) in [6.07, 6.45) is 0. The van der Waals surface area contributed by atoms with Gasteiger partial charge in [0.25, 0.3) is 0 Å². The van der Waals surface area contributed by atoms with Crippen molar-refractivity contribution in [1.82, 2.24) is 4.98 Å². The molecule has 1 nitrogen and oxygen atoms in total. The fourth-order valence-electron chi connectivity index (χ4n) is 0.380. The summed E-state index contributed by atoms with van der Waals surface area (Å²) in [5.41, 5.74) is -0.398. The summed E-state index contributed by atoms with van der Waals surface area (Å²) in [6, 6.07) is -0.593. The molecule has 48 valence electrons. The Kier molecular flexibility index (Phi) is 0.856. The number of aromatic nitrogens is 1. The molecular formula is C6H5BrClN. The number of hydrogen-bond donors (Lipinski definition) is 0. The first kappa shape index (κ1) is 2.89. The van der Waals surface area contributed by atoms with Crippen LogP contribution in [0.2, 0.25) is 5.02 Å². The Morgan fingerprint density at radius 3 is 3.33 bits per heavy atom. The number of hydrogen-bond acceptors (Lipinski definition) is 1. The van der Waals surface area contributed by atoms with E-state index < -0.39 is 18.6 Å². The second-order valence-corrected chi connectivity index (χ2v) is 2.44. The minimum Gasteiger partial charge on any atom is -0.246 e. The van der Waals surface area contributed by atoms with Gasteiger partial charge < -0.3 is 0 Å². The predicted octanol–water partition coefficient (Wildman–Crippen LogP) is 2.81. The van der Waals surface area contributed by atoms with Gasteiger partial charge in [0.05, 0.1) is 2.74 Å². The van der Waals surface area contributed by atoms with Crippen molar-refractivity contribution < 1.29 is 6.85 Å². The minimum atomic E-state index is -2.49. The number of pyridine rings is 1. The van der Waals surface area contributed by atoms with E-state index in [0.717, 1.165) is 0 Å². The Morgan fingerprint density at radius 1 is 1.89 bits per heavy atom. The van der Waals surface area contributed by atoms with Gasteiger partial charge >= 0.3 is 0 Å². The molecule has 9 heavy (non-hydrogen) atoms. The molecule has 1 aromatic rings. The van der Waals surface area contributed by atoms with Crippen molar-refractivity contribution in [1.29, 1.82) is 0 Å². The van der Waals surface area contributed by atoms with Crippen LogP contribution in [0, 0.1) is 6.85 Å². The Bertz CT molecular complexity index is 377. The van der Waals surface area contributed by atoms with E-state index in [1.807, 2.05) is 0 Å². The Balaban J connectivity index is 3.49. The van der Waals surface area contributed by atoms with Crippen molar-refractivity contribution in [2.45, 2.75) is 6.85 Å². The van der Waals surface area contributed by atoms with Gasteiger partial charge in [0.1, 0.15) is 4.60 Å². The summed E-state index contributed by atoms with van der Waals surface area (Å²) in [4.78, 5) is 3.60. The first-order chi connectivity index (χ1) is 6.25. The summed E-state index contributed by atoms with van der Waals surface area (Å²) in [6.45, 7) is -2.49. The van der Waals surface area contributed by atoms with Crippen molar-refractivity contribution in [3.63, 3.8) is 0 Å². The monoisotopic (exact) mass is 210 g/mol. The van der Waals surface area contributed by atoms with Crippen molar-refractivity contribution in [2.75, 3.05) is 0 Å². The number of rotatable bonds is 0. The molecular weight excluding hydrogens is 201 g/mol. The molecule has 0 atom stereocenters. The first-order valence-corrected chi connectivity index (χ1v) is 3.25. The Morgan fingerprint density at radius 2 is 2.67 bits per heavy atom. The van der Waals surface area contributed by atoms with Gasteiger partial charge in [-0.15, -0.1) is 0 Å². The smallest absolute Gasteiger partial charge is 0.107 e. The zero-order valence-corrected chi connectivity index (χ0v) is 6.55. The quantitative estimate of drug-likeness (QED) is 0.602. The molecule has 0 bridgehead atoms. The number of halogens is 2. The second kappa shape index (κ2) is 2.67. The summed E-state index contributed by atoms with van der Waals surface area (Å²) in [5.74, 6) is 0. The van der Waals surface area contributed by atoms with E-state index >= 15 is 0 Å². The van der Waals surface area contributed by atoms with Crippen LogP contribution in [-0.4, -0.2) is 4.98 Å². The van der Waals surface area contributed by atoms with Gasteiger partial charge in [0.15, 0.2) is 0 Å². The first-order valence-electron chi connectivity index (χ1n) is 4.58. The molecule has 0 aliphatic carbocycles. The average molecular weight is 212 g/mol. The second-order valence-electron chi connectivity index (χ2n) is 1.32. The SMILES string of the molecule is [2H]c1c(Br)nc(C([2H])([2H])[2H])c([2H])c1Cl. The van der Waals surface area contributed by atoms with Gasteiger partial charge in [0, 0.05) is 14.8 Å². The van der Waals surface area contributed by atoms with Crippen LogP contribution in [0.5, 0.6) is 0 Å². The number of aryl methyl sites for hydroxylation is 1. The molecule has 1 heterocycles. The van der Waals surface area contributed by atoms with Crippen molar-refractivity contribution >= 4 is 27.5 Å². The van der Waals surface area contributed by atoms with Gasteiger partial charge in [-0.2, -0.15) is 0 Å². The molecule has 0 fully saturated rings. The van der Waals surface area contributed by atoms with Crippen LogP contribution in [-0.2, 0) is 0 Å². The maximum atomic E-state index is 7.39. The fraction of sp³-hybridized carbons (Fsp3) is 0.167. The van der Waals surface area contributed by atoms with Crippen LogP contribution < -0.4 is 0 Å². The minimum absolute atomic E-state index is 0.0321. The van der Waals surface area contributed by atoms with E-state index in [0.29, 0.717) is 0 Å². The lowest BCUT2D eigenvalue weighted by Crippen LogP contribution is -1.79. The molecule has 3 heteroatoms. The molecule has 1 aromatic heterocycles. The van der Waals surface area contributed by atoms with E-state index in [-0.39, 0.29) is 15.7 Å².